The molecule has 3 aromatic rings. The zero-order valence-electron chi connectivity index (χ0n) is 14.0. The largest absolute Gasteiger partial charge is 0.270 e. The number of sulfonamides is 1. The van der Waals surface area contributed by atoms with Crippen molar-refractivity contribution in [3.8, 4) is 17.1 Å². The molecule has 0 amide bonds. The summed E-state index contributed by atoms with van der Waals surface area (Å²) in [6.07, 6.45) is 0.419. The summed E-state index contributed by atoms with van der Waals surface area (Å²) in [7, 11) is -3.47. The summed E-state index contributed by atoms with van der Waals surface area (Å²) in [5.41, 5.74) is 1.58. The maximum Gasteiger partial charge on any atom is 0.209 e. The van der Waals surface area contributed by atoms with E-state index in [-0.39, 0.29) is 5.75 Å². The van der Waals surface area contributed by atoms with Gasteiger partial charge in [-0.15, -0.1) is 10.2 Å². The molecule has 1 heterocycles. The Morgan fingerprint density at radius 3 is 2.48 bits per heavy atom. The number of halogens is 2. The van der Waals surface area contributed by atoms with E-state index in [9.17, 15) is 8.42 Å². The van der Waals surface area contributed by atoms with Gasteiger partial charge in [-0.1, -0.05) is 53.2 Å². The molecule has 27 heavy (non-hydrogen) atoms. The van der Waals surface area contributed by atoms with Crippen LogP contribution in [0.2, 0.25) is 10.0 Å². The first-order valence-corrected chi connectivity index (χ1v) is 11.4. The first kappa shape index (κ1) is 20.2. The summed E-state index contributed by atoms with van der Waals surface area (Å²) in [5.74, 6) is 1.04. The van der Waals surface area contributed by atoms with E-state index in [1.54, 1.807) is 18.2 Å². The van der Waals surface area contributed by atoms with Crippen molar-refractivity contribution in [2.24, 2.45) is 5.14 Å². The van der Waals surface area contributed by atoms with Crippen molar-refractivity contribution in [2.45, 2.75) is 11.6 Å². The molecule has 2 N–H and O–H groups in total. The van der Waals surface area contributed by atoms with Gasteiger partial charge in [-0.05, 0) is 36.8 Å². The summed E-state index contributed by atoms with van der Waals surface area (Å²) < 4.78 is 24.1. The van der Waals surface area contributed by atoms with E-state index in [0.717, 1.165) is 5.69 Å². The predicted molar refractivity (Wildman–Crippen MR) is 110 cm³/mol. The van der Waals surface area contributed by atoms with Gasteiger partial charge in [-0.3, -0.25) is 4.57 Å². The second kappa shape index (κ2) is 8.62. The van der Waals surface area contributed by atoms with Crippen LogP contribution in [-0.2, 0) is 10.0 Å². The third-order valence-corrected chi connectivity index (χ3v) is 6.04. The zero-order chi connectivity index (χ0) is 19.4. The second-order valence-corrected chi connectivity index (χ2v) is 9.31. The minimum absolute atomic E-state index is 0.0741. The molecular weight excluding hydrogens is 427 g/mol. The fourth-order valence-corrected chi connectivity index (χ4v) is 4.56. The Morgan fingerprint density at radius 1 is 1.07 bits per heavy atom. The summed E-state index contributed by atoms with van der Waals surface area (Å²) in [5, 5.41) is 15.3. The molecule has 0 aliphatic carbocycles. The predicted octanol–water partition coefficient (Wildman–Crippen LogP) is 4.01. The highest BCUT2D eigenvalue weighted by molar-refractivity contribution is 7.99. The highest BCUT2D eigenvalue weighted by Crippen LogP contribution is 2.33. The van der Waals surface area contributed by atoms with E-state index < -0.39 is 10.0 Å². The average Bonchev–Trinajstić information content (AvgIpc) is 3.02. The Bertz CT molecular complexity index is 1040. The monoisotopic (exact) mass is 442 g/mol. The van der Waals surface area contributed by atoms with Gasteiger partial charge in [0.05, 0.1) is 10.8 Å². The van der Waals surface area contributed by atoms with Crippen LogP contribution in [0.5, 0.6) is 0 Å². The summed E-state index contributed by atoms with van der Waals surface area (Å²) >= 11 is 13.8. The molecule has 10 heteroatoms. The fraction of sp³-hybridized carbons (Fsp3) is 0.176. The molecule has 2 aromatic carbocycles. The summed E-state index contributed by atoms with van der Waals surface area (Å²) in [6, 6.07) is 14.8. The van der Waals surface area contributed by atoms with Crippen LogP contribution in [0, 0.1) is 0 Å². The van der Waals surface area contributed by atoms with Crippen LogP contribution < -0.4 is 5.14 Å². The quantitative estimate of drug-likeness (QED) is 0.440. The van der Waals surface area contributed by atoms with Crippen molar-refractivity contribution < 1.29 is 8.42 Å². The normalized spacial score (nSPS) is 11.7. The van der Waals surface area contributed by atoms with E-state index in [2.05, 4.69) is 10.2 Å². The van der Waals surface area contributed by atoms with Gasteiger partial charge in [-0.25, -0.2) is 13.6 Å². The molecule has 0 aliphatic rings. The lowest BCUT2D eigenvalue weighted by atomic mass is 10.2. The van der Waals surface area contributed by atoms with Crippen LogP contribution in [0.1, 0.15) is 6.42 Å². The van der Waals surface area contributed by atoms with Crippen LogP contribution in [0.15, 0.2) is 53.7 Å². The van der Waals surface area contributed by atoms with Gasteiger partial charge >= 0.3 is 0 Å². The smallest absolute Gasteiger partial charge is 0.209 e. The minimum Gasteiger partial charge on any atom is -0.270 e. The first-order valence-electron chi connectivity index (χ1n) is 7.95. The first-order chi connectivity index (χ1) is 12.8. The van der Waals surface area contributed by atoms with Gasteiger partial charge in [0.15, 0.2) is 11.0 Å². The Balaban J connectivity index is 1.96. The Morgan fingerprint density at radius 2 is 1.81 bits per heavy atom. The lowest BCUT2D eigenvalue weighted by Gasteiger charge is -2.11. The lowest BCUT2D eigenvalue weighted by molar-refractivity contribution is 0.596. The van der Waals surface area contributed by atoms with Crippen molar-refractivity contribution in [1.29, 1.82) is 0 Å². The molecule has 142 valence electrons. The highest BCUT2D eigenvalue weighted by atomic mass is 35.5. The van der Waals surface area contributed by atoms with Crippen molar-refractivity contribution in [1.82, 2.24) is 14.8 Å². The maximum absolute atomic E-state index is 11.1. The van der Waals surface area contributed by atoms with Crippen LogP contribution in [0.25, 0.3) is 17.1 Å². The molecule has 6 nitrogen and oxygen atoms in total. The Kier molecular flexibility index (Phi) is 6.44. The summed E-state index contributed by atoms with van der Waals surface area (Å²) in [6.45, 7) is 0. The SMILES string of the molecule is NS(=O)(=O)CCCSc1nnc(-c2ccc(Cl)cc2Cl)n1-c1ccccc1. The Hall–Kier alpha value is -1.58. The van der Waals surface area contributed by atoms with Crippen molar-refractivity contribution in [3.63, 3.8) is 0 Å². The Labute approximate surface area is 171 Å². The third-order valence-electron chi connectivity index (χ3n) is 3.62. The second-order valence-electron chi connectivity index (χ2n) is 5.67. The molecule has 0 saturated heterocycles. The van der Waals surface area contributed by atoms with Gasteiger partial charge in [0.2, 0.25) is 10.0 Å². The van der Waals surface area contributed by atoms with Gasteiger partial charge in [0.1, 0.15) is 0 Å². The van der Waals surface area contributed by atoms with Crippen molar-refractivity contribution in [3.05, 3.63) is 58.6 Å². The number of nitrogens with zero attached hydrogens (tertiary/aromatic N) is 3. The maximum atomic E-state index is 11.1. The van der Waals surface area contributed by atoms with Crippen LogP contribution in [-0.4, -0.2) is 34.7 Å². The number of benzene rings is 2. The topological polar surface area (TPSA) is 90.9 Å². The minimum atomic E-state index is -3.47. The number of rotatable bonds is 7. The van der Waals surface area contributed by atoms with Gasteiger partial charge in [0, 0.05) is 22.0 Å². The van der Waals surface area contributed by atoms with E-state index in [4.69, 9.17) is 28.3 Å². The molecule has 0 radical (unpaired) electrons. The standard InChI is InChI=1S/C17H16Cl2N4O2S2/c18-12-7-8-14(15(19)11-12)16-21-22-17(26-9-4-10-27(20,24)25)23(16)13-5-2-1-3-6-13/h1-3,5-8,11H,4,9-10H2,(H2,20,24,25). The molecule has 0 fully saturated rings. The number of nitrogens with two attached hydrogens (primary N) is 1. The number of thioether (sulfide) groups is 1. The van der Waals surface area contributed by atoms with Crippen molar-refractivity contribution in [2.75, 3.05) is 11.5 Å². The number of hydrogen-bond acceptors (Lipinski definition) is 5. The van der Waals surface area contributed by atoms with E-state index >= 15 is 0 Å². The third kappa shape index (κ3) is 5.24. The highest BCUT2D eigenvalue weighted by Gasteiger charge is 2.18. The van der Waals surface area contributed by atoms with Crippen LogP contribution >= 0.6 is 35.0 Å². The zero-order valence-corrected chi connectivity index (χ0v) is 17.2. The molecular formula is C17H16Cl2N4O2S2. The summed E-state index contributed by atoms with van der Waals surface area (Å²) in [4.78, 5) is 0. The molecule has 0 saturated carbocycles. The molecule has 0 spiro atoms. The van der Waals surface area contributed by atoms with Crippen LogP contribution in [0.3, 0.4) is 0 Å². The number of para-hydroxylation sites is 1. The number of primary sulfonamides is 1. The molecule has 0 unspecified atom stereocenters. The average molecular weight is 443 g/mol. The van der Waals surface area contributed by atoms with Gasteiger partial charge in [0.25, 0.3) is 0 Å². The van der Waals surface area contributed by atoms with Gasteiger partial charge < -0.3 is 0 Å². The molecule has 0 bridgehead atoms. The molecule has 0 aliphatic heterocycles. The number of aromatic nitrogens is 3. The molecule has 1 aromatic heterocycles. The fourth-order valence-electron chi connectivity index (χ4n) is 2.44. The van der Waals surface area contributed by atoms with Gasteiger partial charge in [-0.2, -0.15) is 0 Å². The van der Waals surface area contributed by atoms with E-state index in [1.165, 1.54) is 11.8 Å². The number of hydrogen-bond donors (Lipinski definition) is 1. The molecule has 3 rings (SSSR count). The lowest BCUT2D eigenvalue weighted by Crippen LogP contribution is -2.16. The van der Waals surface area contributed by atoms with E-state index in [1.807, 2.05) is 34.9 Å². The van der Waals surface area contributed by atoms with E-state index in [0.29, 0.717) is 38.8 Å². The van der Waals surface area contributed by atoms with Crippen LogP contribution in [0.4, 0.5) is 0 Å². The molecule has 0 atom stereocenters. The van der Waals surface area contributed by atoms with Crippen molar-refractivity contribution >= 4 is 45.0 Å².